The molecule has 0 amide bonds. The van der Waals surface area contributed by atoms with E-state index < -0.39 is 12.0 Å². The highest BCUT2D eigenvalue weighted by atomic mass is 35.5. The van der Waals surface area contributed by atoms with Gasteiger partial charge in [-0.2, -0.15) is 8.78 Å². The minimum Gasteiger partial charge on any atom is -0.497 e. The van der Waals surface area contributed by atoms with E-state index in [9.17, 15) is 17.6 Å². The molecule has 133 heavy (non-hydrogen) atoms. The molecule has 704 valence electrons. The molecule has 0 aromatic heterocycles. The molecule has 0 N–H and O–H groups in total. The molecular weight excluding hydrogens is 1680 g/mol. The Morgan fingerprint density at radius 1 is 0.226 bits per heavy atom. The van der Waals surface area contributed by atoms with Gasteiger partial charge in [-0.15, -0.1) is 0 Å². The maximum Gasteiger partial charge on any atom is 0.394 e. The quantitative estimate of drug-likeness (QED) is 0.160. The monoisotopic (exact) mass is 1830 g/mol. The Labute approximate surface area is 811 Å². The van der Waals surface area contributed by atoms with Crippen LogP contribution in [0.15, 0.2) is 491 Å². The van der Waals surface area contributed by atoms with Crippen molar-refractivity contribution in [3.63, 3.8) is 0 Å². The van der Waals surface area contributed by atoms with Gasteiger partial charge in [-0.05, 0) is 143 Å². The molecule has 0 spiro atoms. The lowest BCUT2D eigenvalue weighted by atomic mass is 9.87. The summed E-state index contributed by atoms with van der Waals surface area (Å²) >= 11 is 11.1. The van der Waals surface area contributed by atoms with Gasteiger partial charge >= 0.3 is 6.11 Å². The molecule has 0 bridgehead atoms. The fourth-order valence-corrected chi connectivity index (χ4v) is 12.1. The van der Waals surface area contributed by atoms with Gasteiger partial charge in [0.05, 0.1) is 7.11 Å². The van der Waals surface area contributed by atoms with Crippen LogP contribution in [0.1, 0.15) is 163 Å². The van der Waals surface area contributed by atoms with Crippen LogP contribution in [0.5, 0.6) is 11.5 Å². The summed E-state index contributed by atoms with van der Waals surface area (Å²) in [6.45, 7) is 14.5. The molecule has 0 aliphatic heterocycles. The van der Waals surface area contributed by atoms with Crippen LogP contribution in [0.4, 0.5) is 17.6 Å². The van der Waals surface area contributed by atoms with Crippen molar-refractivity contribution in [2.45, 2.75) is 175 Å². The number of fused-ring (bicyclic) bond motifs is 3. The summed E-state index contributed by atoms with van der Waals surface area (Å²) in [7, 11) is 1.66. The number of benzene rings is 17. The molecule has 8 heteroatoms. The van der Waals surface area contributed by atoms with Crippen LogP contribution >= 0.6 is 23.2 Å². The maximum absolute atomic E-state index is 12.5. The highest BCUT2D eigenvalue weighted by molar-refractivity contribution is 6.30. The van der Waals surface area contributed by atoms with E-state index in [-0.39, 0.29) is 55.9 Å². The topological polar surface area (TPSA) is 18.5 Å². The molecule has 19 rings (SSSR count). The SMILES string of the molecule is C.C.C.C.C.C.C1CCCCC1.CC(C)(C)c1ccccc1.CC(F)(F)Oc1ccccc1.CC(F)(F)c1ccccc1.COc1ccccc1.Cc1ccccc1.Cc1ccccc1.Cc1ccccc1.Clc1ccccc1.Clc1ccccc1.c1ccc(-c2ccccc2)cc1.c1ccc2c(c1)CCC2.c1ccc2ccccc2c1.c1ccc2ccccc2c1.c1ccccc1. The fraction of sp³-hybridized carbons (Fsp3) is 0.216. The minimum atomic E-state index is -3.10. The van der Waals surface area contributed by atoms with Gasteiger partial charge in [0.25, 0.3) is 5.92 Å². The third-order valence-corrected chi connectivity index (χ3v) is 19.1. The number of aryl methyl sites for hydroxylation is 5. The van der Waals surface area contributed by atoms with Gasteiger partial charge in [0.1, 0.15) is 11.5 Å². The second-order valence-electron chi connectivity index (χ2n) is 30.5. The number of ether oxygens (including phenoxy) is 2. The number of alkyl halides is 4. The minimum absolute atomic E-state index is 0. The molecule has 17 aromatic rings. The van der Waals surface area contributed by atoms with E-state index in [0.29, 0.717) is 12.3 Å². The third-order valence-electron chi connectivity index (χ3n) is 18.6. The van der Waals surface area contributed by atoms with Crippen molar-refractivity contribution in [2.75, 3.05) is 7.11 Å². The highest BCUT2D eigenvalue weighted by Gasteiger charge is 2.23. The van der Waals surface area contributed by atoms with Crippen LogP contribution < -0.4 is 9.47 Å². The molecule has 0 atom stereocenters. The summed E-state index contributed by atoms with van der Waals surface area (Å²) in [6.07, 6.45) is 9.87. The van der Waals surface area contributed by atoms with Gasteiger partial charge in [0, 0.05) is 29.5 Å². The average molecular weight is 1830 g/mol. The summed E-state index contributed by atoms with van der Waals surface area (Å²) < 4.78 is 58.5. The van der Waals surface area contributed by atoms with Crippen LogP contribution in [-0.2, 0) is 24.2 Å². The van der Waals surface area contributed by atoms with Crippen molar-refractivity contribution in [3.8, 4) is 22.6 Å². The Morgan fingerprint density at radius 2 is 0.421 bits per heavy atom. The number of rotatable bonds is 5. The summed E-state index contributed by atoms with van der Waals surface area (Å²) in [6, 6.07) is 161. The molecule has 2 nitrogen and oxygen atoms in total. The number of methoxy groups -OCH3 is 1. The normalized spacial score (nSPS) is 10.3. The Kier molecular flexibility index (Phi) is 69.6. The number of hydrogen-bond donors (Lipinski definition) is 0. The van der Waals surface area contributed by atoms with Crippen molar-refractivity contribution >= 4 is 44.7 Å². The first-order valence-corrected chi connectivity index (χ1v) is 44.0. The summed E-state index contributed by atoms with van der Waals surface area (Å²) in [5, 5.41) is 6.83. The van der Waals surface area contributed by atoms with Crippen LogP contribution in [0.25, 0.3) is 32.7 Å². The number of para-hydroxylation sites is 2. The lowest BCUT2D eigenvalue weighted by Crippen LogP contribution is -2.18. The summed E-state index contributed by atoms with van der Waals surface area (Å²) in [4.78, 5) is 0. The van der Waals surface area contributed by atoms with Gasteiger partial charge in [-0.25, -0.2) is 8.78 Å². The van der Waals surface area contributed by atoms with Crippen molar-refractivity contribution in [1.29, 1.82) is 0 Å². The molecule has 17 aromatic carbocycles. The Hall–Kier alpha value is -12.8. The second-order valence-corrected chi connectivity index (χ2v) is 31.4. The standard InChI is InChI=1S/C12H10.2C10H8.C10H14.C9H10.C8H8F2O.C8H8F2.C7H8O.3C7H8.2C6H5Cl.C6H12.C6H6.6CH4/c1-3-7-11(8-4-1)12-9-5-2-6-10-12;2*1-2-6-10-8-4-3-7-9(10)5-1;1-10(2,3)9-7-5-4-6-8-9;1-2-5-9-7-3-6-8(9)4-1;1-8(9,10)11-7-5-3-2-4-6-7;1-8(9,10)7-5-3-2-4-6-7;1-8-7-5-3-2-4-6-7;3*1-7-5-3-2-4-6-7;2*7-6-4-2-1-3-5-6;2*1-2-4-6-5-3-1;;;;;;/h1-10H;2*1-8H;4-8H,1-3H3;1-2,4-5H,3,6-7H2;2-6H,1H3;2-6H,1H3;2-6H,1H3;3*2-6H,1H3;2*1-5H;1-6H2;1-6H;6*1H4. The molecule has 1 saturated carbocycles. The zero-order valence-corrected chi connectivity index (χ0v) is 76.7. The third kappa shape index (κ3) is 61.4. The fourth-order valence-electron chi connectivity index (χ4n) is 11.8. The predicted molar refractivity (Wildman–Crippen MR) is 581 cm³/mol. The van der Waals surface area contributed by atoms with Crippen LogP contribution in [0.3, 0.4) is 0 Å². The number of hydrogen-bond acceptors (Lipinski definition) is 2. The van der Waals surface area contributed by atoms with Gasteiger partial charge in [-0.3, -0.25) is 0 Å². The Balaban J connectivity index is 0. The number of halogens is 6. The molecular formula is C125H150Cl2F4O2. The lowest BCUT2D eigenvalue weighted by Gasteiger charge is -2.18. The van der Waals surface area contributed by atoms with Gasteiger partial charge in [-0.1, -0.05) is 587 Å². The van der Waals surface area contributed by atoms with Gasteiger partial charge in [0.15, 0.2) is 0 Å². The molecule has 2 aliphatic rings. The zero-order valence-electron chi connectivity index (χ0n) is 75.2. The van der Waals surface area contributed by atoms with Crippen LogP contribution in [-0.4, -0.2) is 13.2 Å². The predicted octanol–water partition coefficient (Wildman–Crippen LogP) is 39.9. The van der Waals surface area contributed by atoms with Crippen molar-refractivity contribution in [2.24, 2.45) is 0 Å². The Morgan fingerprint density at radius 3 is 0.602 bits per heavy atom. The first kappa shape index (κ1) is 122. The van der Waals surface area contributed by atoms with Gasteiger partial charge in [0.2, 0.25) is 0 Å². The molecule has 0 heterocycles. The first-order chi connectivity index (χ1) is 61.6. The van der Waals surface area contributed by atoms with E-state index in [1.165, 1.54) is 137 Å². The second kappa shape index (κ2) is 75.8. The summed E-state index contributed by atoms with van der Waals surface area (Å²) in [5.41, 5.74) is 11.4. The van der Waals surface area contributed by atoms with Crippen molar-refractivity contribution in [1.82, 2.24) is 0 Å². The van der Waals surface area contributed by atoms with Gasteiger partial charge < -0.3 is 9.47 Å². The maximum atomic E-state index is 12.5. The molecule has 2 aliphatic carbocycles. The molecule has 0 saturated heterocycles. The van der Waals surface area contributed by atoms with E-state index >= 15 is 0 Å². The highest BCUT2D eigenvalue weighted by Crippen LogP contribution is 2.27. The van der Waals surface area contributed by atoms with E-state index in [2.05, 4.69) is 283 Å². The Bertz CT molecular complexity index is 4830. The largest absolute Gasteiger partial charge is 0.497 e. The lowest BCUT2D eigenvalue weighted by molar-refractivity contribution is -0.158. The molecule has 1 fully saturated rings. The molecule has 0 unspecified atom stereocenters. The molecule has 0 radical (unpaired) electrons. The van der Waals surface area contributed by atoms with Crippen molar-refractivity contribution < 1.29 is 27.0 Å². The van der Waals surface area contributed by atoms with Crippen LogP contribution in [0, 0.1) is 20.8 Å². The van der Waals surface area contributed by atoms with E-state index in [4.69, 9.17) is 27.9 Å². The van der Waals surface area contributed by atoms with Crippen LogP contribution in [0.2, 0.25) is 10.0 Å². The first-order valence-electron chi connectivity index (χ1n) is 43.3. The summed E-state index contributed by atoms with van der Waals surface area (Å²) in [5.74, 6) is -1.62. The smallest absolute Gasteiger partial charge is 0.394 e. The van der Waals surface area contributed by atoms with E-state index in [0.717, 1.165) is 22.7 Å². The van der Waals surface area contributed by atoms with E-state index in [1.807, 2.05) is 194 Å². The van der Waals surface area contributed by atoms with E-state index in [1.54, 1.807) is 54.6 Å². The average Bonchev–Trinajstić information content (AvgIpc) is 1.77. The zero-order chi connectivity index (χ0) is 91.4. The van der Waals surface area contributed by atoms with Crippen molar-refractivity contribution in [3.05, 3.63) is 540 Å².